The molecule has 0 unspecified atom stereocenters. The van der Waals surface area contributed by atoms with Gasteiger partial charge in [-0.25, -0.2) is 4.98 Å². The lowest BCUT2D eigenvalue weighted by Gasteiger charge is -2.10. The van der Waals surface area contributed by atoms with Crippen molar-refractivity contribution in [2.24, 2.45) is 0 Å². The Labute approximate surface area is 155 Å². The van der Waals surface area contributed by atoms with E-state index in [0.29, 0.717) is 28.8 Å². The molecule has 0 aliphatic rings. The highest BCUT2D eigenvalue weighted by Gasteiger charge is 2.13. The fourth-order valence-electron chi connectivity index (χ4n) is 2.67. The molecule has 0 N–H and O–H groups in total. The number of benzene rings is 1. The second-order valence-electron chi connectivity index (χ2n) is 5.60. The van der Waals surface area contributed by atoms with E-state index in [4.69, 9.17) is 9.47 Å². The van der Waals surface area contributed by atoms with Crippen molar-refractivity contribution in [3.05, 3.63) is 60.9 Å². The molecule has 0 saturated carbocycles. The predicted molar refractivity (Wildman–Crippen MR) is 98.7 cm³/mol. The van der Waals surface area contributed by atoms with Gasteiger partial charge in [0.2, 0.25) is 11.7 Å². The molecule has 4 aromatic rings. The van der Waals surface area contributed by atoms with Gasteiger partial charge in [-0.2, -0.15) is 0 Å². The van der Waals surface area contributed by atoms with Crippen molar-refractivity contribution in [2.45, 2.75) is 0 Å². The van der Waals surface area contributed by atoms with E-state index in [0.717, 1.165) is 11.1 Å². The molecule has 0 saturated heterocycles. The van der Waals surface area contributed by atoms with Gasteiger partial charge < -0.3 is 9.47 Å². The van der Waals surface area contributed by atoms with Crippen molar-refractivity contribution in [1.82, 2.24) is 30.2 Å². The first-order valence-corrected chi connectivity index (χ1v) is 8.19. The van der Waals surface area contributed by atoms with E-state index in [-0.39, 0.29) is 0 Å². The van der Waals surface area contributed by atoms with Crippen LogP contribution in [0, 0.1) is 0 Å². The molecule has 27 heavy (non-hydrogen) atoms. The van der Waals surface area contributed by atoms with Crippen LogP contribution in [0.4, 0.5) is 0 Å². The average Bonchev–Trinajstić information content (AvgIpc) is 3.24. The molecule has 134 valence electrons. The lowest BCUT2D eigenvalue weighted by Crippen LogP contribution is -2.01. The third kappa shape index (κ3) is 3.32. The Hall–Kier alpha value is -3.81. The summed E-state index contributed by atoms with van der Waals surface area (Å²) in [5.41, 5.74) is 3.06. The van der Waals surface area contributed by atoms with E-state index in [9.17, 15) is 0 Å². The minimum absolute atomic E-state index is 0.443. The van der Waals surface area contributed by atoms with Crippen LogP contribution < -0.4 is 9.47 Å². The van der Waals surface area contributed by atoms with Crippen LogP contribution in [0.15, 0.2) is 60.9 Å². The van der Waals surface area contributed by atoms with E-state index < -0.39 is 0 Å². The maximum Gasteiger partial charge on any atom is 0.223 e. The summed E-state index contributed by atoms with van der Waals surface area (Å²) in [5, 5.41) is 12.7. The van der Waals surface area contributed by atoms with Gasteiger partial charge >= 0.3 is 0 Å². The Morgan fingerprint density at radius 3 is 2.56 bits per heavy atom. The molecule has 8 heteroatoms. The van der Waals surface area contributed by atoms with Crippen LogP contribution in [-0.2, 0) is 0 Å². The third-order valence-electron chi connectivity index (χ3n) is 3.94. The Morgan fingerprint density at radius 1 is 0.889 bits per heavy atom. The Bertz CT molecular complexity index is 1060. The maximum absolute atomic E-state index is 5.44. The van der Waals surface area contributed by atoms with Crippen LogP contribution in [0.5, 0.6) is 11.6 Å². The van der Waals surface area contributed by atoms with Crippen LogP contribution in [0.3, 0.4) is 0 Å². The highest BCUT2D eigenvalue weighted by atomic mass is 16.5. The summed E-state index contributed by atoms with van der Waals surface area (Å²) >= 11 is 0. The summed E-state index contributed by atoms with van der Waals surface area (Å²) in [5.74, 6) is 1.63. The quantitative estimate of drug-likeness (QED) is 0.541. The number of methoxy groups -OCH3 is 2. The molecule has 0 aliphatic heterocycles. The normalized spacial score (nSPS) is 10.6. The van der Waals surface area contributed by atoms with Gasteiger partial charge in [-0.05, 0) is 47.2 Å². The summed E-state index contributed by atoms with van der Waals surface area (Å²) in [6, 6.07) is 15.0. The number of aromatic nitrogens is 6. The summed E-state index contributed by atoms with van der Waals surface area (Å²) in [6.45, 7) is 0. The molecule has 8 nitrogen and oxygen atoms in total. The number of pyridine rings is 2. The molecular weight excluding hydrogens is 344 g/mol. The van der Waals surface area contributed by atoms with Gasteiger partial charge in [0.1, 0.15) is 11.4 Å². The molecule has 1 aromatic carbocycles. The molecule has 0 bridgehead atoms. The zero-order chi connectivity index (χ0) is 18.6. The number of nitrogens with zero attached hydrogens (tertiary/aromatic N) is 6. The van der Waals surface area contributed by atoms with Crippen molar-refractivity contribution in [3.63, 3.8) is 0 Å². The minimum Gasteiger partial charge on any atom is -0.497 e. The summed E-state index contributed by atoms with van der Waals surface area (Å²) in [6.07, 6.45) is 3.37. The molecule has 3 aromatic heterocycles. The van der Waals surface area contributed by atoms with Crippen molar-refractivity contribution < 1.29 is 9.47 Å². The predicted octanol–water partition coefficient (Wildman–Crippen LogP) is 2.80. The Balaban J connectivity index is 1.79. The van der Waals surface area contributed by atoms with E-state index in [1.165, 1.54) is 4.80 Å². The maximum atomic E-state index is 5.44. The van der Waals surface area contributed by atoms with Crippen LogP contribution in [0.25, 0.3) is 28.3 Å². The van der Waals surface area contributed by atoms with Crippen molar-refractivity contribution in [2.75, 3.05) is 14.2 Å². The molecular formula is C19H16N6O2. The fourth-order valence-corrected chi connectivity index (χ4v) is 2.67. The molecule has 0 atom stereocenters. The highest BCUT2D eigenvalue weighted by Crippen LogP contribution is 2.32. The van der Waals surface area contributed by atoms with Crippen LogP contribution in [0.1, 0.15) is 0 Å². The zero-order valence-electron chi connectivity index (χ0n) is 14.8. The lowest BCUT2D eigenvalue weighted by atomic mass is 10.1. The zero-order valence-corrected chi connectivity index (χ0v) is 14.8. The van der Waals surface area contributed by atoms with E-state index >= 15 is 0 Å². The average molecular weight is 360 g/mol. The summed E-state index contributed by atoms with van der Waals surface area (Å²) < 4.78 is 10.8. The minimum atomic E-state index is 0.443. The van der Waals surface area contributed by atoms with E-state index in [2.05, 4.69) is 25.4 Å². The number of ether oxygens (including phenoxy) is 2. The third-order valence-corrected chi connectivity index (χ3v) is 3.94. The first-order chi connectivity index (χ1) is 13.3. The van der Waals surface area contributed by atoms with Crippen molar-refractivity contribution in [3.8, 4) is 40.0 Å². The van der Waals surface area contributed by atoms with Crippen LogP contribution in [-0.4, -0.2) is 44.4 Å². The Kier molecular flexibility index (Phi) is 4.44. The molecule has 0 amide bonds. The van der Waals surface area contributed by atoms with E-state index in [1.807, 2.05) is 48.5 Å². The van der Waals surface area contributed by atoms with Gasteiger partial charge in [0.15, 0.2) is 0 Å². The van der Waals surface area contributed by atoms with Crippen molar-refractivity contribution in [1.29, 1.82) is 0 Å². The van der Waals surface area contributed by atoms with Gasteiger partial charge in [0.05, 0.1) is 19.9 Å². The van der Waals surface area contributed by atoms with Gasteiger partial charge in [-0.15, -0.1) is 15.0 Å². The van der Waals surface area contributed by atoms with Gasteiger partial charge in [0, 0.05) is 24.0 Å². The number of hydrogen-bond acceptors (Lipinski definition) is 7. The molecule has 3 heterocycles. The topological polar surface area (TPSA) is 87.8 Å². The molecule has 0 radical (unpaired) electrons. The van der Waals surface area contributed by atoms with Gasteiger partial charge in [0.25, 0.3) is 0 Å². The van der Waals surface area contributed by atoms with E-state index in [1.54, 1.807) is 26.6 Å². The van der Waals surface area contributed by atoms with Crippen molar-refractivity contribution >= 4 is 0 Å². The van der Waals surface area contributed by atoms with Crippen LogP contribution >= 0.6 is 0 Å². The number of rotatable bonds is 5. The van der Waals surface area contributed by atoms with Gasteiger partial charge in [-0.1, -0.05) is 6.07 Å². The number of hydrogen-bond donors (Lipinski definition) is 0. The second kappa shape index (κ2) is 7.20. The first-order valence-electron chi connectivity index (χ1n) is 8.19. The smallest absolute Gasteiger partial charge is 0.223 e. The fraction of sp³-hybridized carbons (Fsp3) is 0.105. The van der Waals surface area contributed by atoms with Gasteiger partial charge in [-0.3, -0.25) is 4.98 Å². The monoisotopic (exact) mass is 360 g/mol. The van der Waals surface area contributed by atoms with Crippen LogP contribution in [0.2, 0.25) is 0 Å². The Morgan fingerprint density at radius 2 is 1.78 bits per heavy atom. The lowest BCUT2D eigenvalue weighted by molar-refractivity contribution is 0.399. The molecule has 0 fully saturated rings. The SMILES string of the molecule is COc1cc(-c2cccnc2OC)cc(-n2nnc(-c3ccccn3)n2)c1. The summed E-state index contributed by atoms with van der Waals surface area (Å²) in [4.78, 5) is 9.95. The number of tetrazole rings is 1. The largest absolute Gasteiger partial charge is 0.497 e. The first kappa shape index (κ1) is 16.6. The summed E-state index contributed by atoms with van der Waals surface area (Å²) in [7, 11) is 3.20. The molecule has 0 aliphatic carbocycles. The molecule has 0 spiro atoms. The second-order valence-corrected chi connectivity index (χ2v) is 5.60. The molecule has 4 rings (SSSR count). The standard InChI is InChI=1S/C19H16N6O2/c1-26-15-11-13(16-6-5-9-21-19(16)27-2)10-14(12-15)25-23-18(22-24-25)17-7-3-4-8-20-17/h3-12H,1-2H3. The highest BCUT2D eigenvalue weighted by molar-refractivity contribution is 5.72.